The van der Waals surface area contributed by atoms with Gasteiger partial charge in [-0.15, -0.1) is 0 Å². The third kappa shape index (κ3) is 5.30. The summed E-state index contributed by atoms with van der Waals surface area (Å²) in [5, 5.41) is 13.8. The highest BCUT2D eigenvalue weighted by atomic mass is 35.5. The first kappa shape index (κ1) is 20.9. The molecule has 2 aromatic rings. The summed E-state index contributed by atoms with van der Waals surface area (Å²) in [6.45, 7) is -0.747. The molecule has 1 heterocycles. The van der Waals surface area contributed by atoms with Crippen LogP contribution in [0.1, 0.15) is 0 Å². The molecule has 0 atom stereocenters. The zero-order valence-corrected chi connectivity index (χ0v) is 15.8. The number of benzene rings is 1. The molecule has 0 unspecified atom stereocenters. The Labute approximate surface area is 164 Å². The summed E-state index contributed by atoms with van der Waals surface area (Å²) in [5.41, 5.74) is -0.544. The summed E-state index contributed by atoms with van der Waals surface area (Å²) in [5.74, 6) is -0.687. The predicted molar refractivity (Wildman–Crippen MR) is 102 cm³/mol. The minimum Gasteiger partial charge on any atom is -0.495 e. The molecule has 0 fully saturated rings. The molecule has 2 amide bonds. The quantitative estimate of drug-likeness (QED) is 0.547. The van der Waals surface area contributed by atoms with Crippen LogP contribution < -0.4 is 15.6 Å². The van der Waals surface area contributed by atoms with Crippen LogP contribution in [0.25, 0.3) is 0 Å². The highest BCUT2D eigenvalue weighted by Crippen LogP contribution is 2.27. The summed E-state index contributed by atoms with van der Waals surface area (Å²) < 4.78 is 6.04. The van der Waals surface area contributed by atoms with Crippen LogP contribution in [-0.4, -0.2) is 46.9 Å². The van der Waals surface area contributed by atoms with E-state index >= 15 is 0 Å². The molecule has 0 aliphatic carbocycles. The van der Waals surface area contributed by atoms with Gasteiger partial charge >= 0.3 is 0 Å². The first-order chi connectivity index (χ1) is 13.2. The third-order valence-corrected chi connectivity index (χ3v) is 3.96. The van der Waals surface area contributed by atoms with E-state index in [1.165, 1.54) is 20.2 Å². The lowest BCUT2D eigenvalue weighted by Crippen LogP contribution is -2.38. The lowest BCUT2D eigenvalue weighted by molar-refractivity contribution is -0.385. The van der Waals surface area contributed by atoms with Gasteiger partial charge in [0, 0.05) is 24.2 Å². The third-order valence-electron chi connectivity index (χ3n) is 3.73. The number of ether oxygens (including phenoxy) is 1. The number of amides is 2. The van der Waals surface area contributed by atoms with Crippen LogP contribution in [0.2, 0.25) is 5.02 Å². The van der Waals surface area contributed by atoms with Gasteiger partial charge in [0.1, 0.15) is 12.3 Å². The fourth-order valence-corrected chi connectivity index (χ4v) is 2.46. The van der Waals surface area contributed by atoms with Crippen molar-refractivity contribution in [2.45, 2.75) is 6.54 Å². The van der Waals surface area contributed by atoms with Crippen molar-refractivity contribution < 1.29 is 19.2 Å². The van der Waals surface area contributed by atoms with Gasteiger partial charge in [-0.05, 0) is 18.2 Å². The predicted octanol–water partition coefficient (Wildman–Crippen LogP) is 1.52. The number of likely N-dealkylation sites (N-methyl/N-ethyl adjacent to an activating group) is 1. The van der Waals surface area contributed by atoms with E-state index in [2.05, 4.69) is 5.32 Å². The lowest BCUT2D eigenvalue weighted by atomic mass is 10.3. The first-order valence-electron chi connectivity index (χ1n) is 7.93. The van der Waals surface area contributed by atoms with Gasteiger partial charge < -0.3 is 15.0 Å². The van der Waals surface area contributed by atoms with E-state index in [4.69, 9.17) is 16.3 Å². The van der Waals surface area contributed by atoms with Crippen molar-refractivity contribution in [3.8, 4) is 5.75 Å². The van der Waals surface area contributed by atoms with Gasteiger partial charge in [-0.3, -0.25) is 29.1 Å². The largest absolute Gasteiger partial charge is 0.495 e. The van der Waals surface area contributed by atoms with E-state index in [1.54, 1.807) is 12.1 Å². The van der Waals surface area contributed by atoms with Crippen LogP contribution in [-0.2, 0) is 16.1 Å². The van der Waals surface area contributed by atoms with E-state index in [9.17, 15) is 24.5 Å². The molecule has 10 nitrogen and oxygen atoms in total. The summed E-state index contributed by atoms with van der Waals surface area (Å²) in [7, 11) is 2.81. The second kappa shape index (κ2) is 9.00. The van der Waals surface area contributed by atoms with E-state index in [1.807, 2.05) is 0 Å². The number of carbonyl (C=O) groups is 2. The number of halogens is 1. The molecule has 28 heavy (non-hydrogen) atoms. The lowest BCUT2D eigenvalue weighted by Gasteiger charge is -2.18. The number of carbonyl (C=O) groups excluding carboxylic acids is 2. The van der Waals surface area contributed by atoms with Crippen molar-refractivity contribution in [1.82, 2.24) is 9.47 Å². The van der Waals surface area contributed by atoms with Crippen LogP contribution in [0.4, 0.5) is 11.4 Å². The molecule has 1 N–H and O–H groups in total. The van der Waals surface area contributed by atoms with Gasteiger partial charge in [-0.1, -0.05) is 11.6 Å². The maximum Gasteiger partial charge on any atom is 0.285 e. The Bertz CT molecular complexity index is 974. The molecule has 0 bridgehead atoms. The minimum absolute atomic E-state index is 0.307. The maximum absolute atomic E-state index is 12.3. The topological polar surface area (TPSA) is 124 Å². The number of anilines is 1. The number of nitrogens with zero attached hydrogens (tertiary/aromatic N) is 3. The molecule has 1 aromatic carbocycles. The van der Waals surface area contributed by atoms with E-state index in [0.717, 1.165) is 27.8 Å². The molecule has 148 valence electrons. The Kier molecular flexibility index (Phi) is 6.72. The fourth-order valence-electron chi connectivity index (χ4n) is 2.29. The van der Waals surface area contributed by atoms with Gasteiger partial charge in [0.15, 0.2) is 0 Å². The van der Waals surface area contributed by atoms with Crippen LogP contribution in [0, 0.1) is 10.1 Å². The summed E-state index contributed by atoms with van der Waals surface area (Å²) in [4.78, 5) is 47.5. The molecular weight excluding hydrogens is 392 g/mol. The molecule has 0 aliphatic heterocycles. The van der Waals surface area contributed by atoms with E-state index < -0.39 is 28.8 Å². The Morgan fingerprint density at radius 3 is 2.68 bits per heavy atom. The van der Waals surface area contributed by atoms with Gasteiger partial charge in [0.05, 0.1) is 30.5 Å². The fraction of sp³-hybridized carbons (Fsp3) is 0.235. The number of nitrogens with one attached hydrogen (secondary N) is 1. The normalized spacial score (nSPS) is 10.2. The van der Waals surface area contributed by atoms with Crippen molar-refractivity contribution in [3.63, 3.8) is 0 Å². The van der Waals surface area contributed by atoms with Crippen molar-refractivity contribution in [2.75, 3.05) is 26.0 Å². The van der Waals surface area contributed by atoms with Gasteiger partial charge in [-0.25, -0.2) is 0 Å². The van der Waals surface area contributed by atoms with E-state index in [0.29, 0.717) is 16.5 Å². The number of pyridine rings is 1. The smallest absolute Gasteiger partial charge is 0.285 e. The molecule has 0 radical (unpaired) electrons. The number of hydrogen-bond donors (Lipinski definition) is 1. The SMILES string of the molecule is COc1ccc(Cl)cc1NC(=O)CN(C)C(=O)Cn1cc([N+](=O)[O-])ccc1=O. The van der Waals surface area contributed by atoms with Crippen molar-refractivity contribution >= 4 is 34.8 Å². The number of rotatable bonds is 7. The van der Waals surface area contributed by atoms with Gasteiger partial charge in [0.25, 0.3) is 11.2 Å². The summed E-state index contributed by atoms with van der Waals surface area (Å²) in [6.07, 6.45) is 0.977. The Balaban J connectivity index is 2.04. The van der Waals surface area contributed by atoms with E-state index in [-0.39, 0.29) is 12.2 Å². The number of nitro groups is 1. The molecule has 0 saturated carbocycles. The zero-order chi connectivity index (χ0) is 20.8. The highest BCUT2D eigenvalue weighted by Gasteiger charge is 2.17. The Morgan fingerprint density at radius 2 is 2.04 bits per heavy atom. The van der Waals surface area contributed by atoms with Crippen LogP contribution >= 0.6 is 11.6 Å². The summed E-state index contributed by atoms with van der Waals surface area (Å²) in [6, 6.07) is 6.75. The molecule has 0 aliphatic rings. The van der Waals surface area contributed by atoms with Crippen LogP contribution in [0.5, 0.6) is 5.75 Å². The van der Waals surface area contributed by atoms with Gasteiger partial charge in [-0.2, -0.15) is 0 Å². The molecule has 0 spiro atoms. The monoisotopic (exact) mass is 408 g/mol. The number of methoxy groups -OCH3 is 1. The van der Waals surface area contributed by atoms with Crippen molar-refractivity contribution in [3.05, 3.63) is 62.0 Å². The highest BCUT2D eigenvalue weighted by molar-refractivity contribution is 6.31. The number of hydrogen-bond acceptors (Lipinski definition) is 6. The summed E-state index contributed by atoms with van der Waals surface area (Å²) >= 11 is 5.90. The molecule has 0 saturated heterocycles. The first-order valence-corrected chi connectivity index (χ1v) is 8.31. The second-order valence-corrected chi connectivity index (χ2v) is 6.19. The second-order valence-electron chi connectivity index (χ2n) is 5.75. The molecule has 2 rings (SSSR count). The van der Waals surface area contributed by atoms with Crippen LogP contribution in [0.15, 0.2) is 41.3 Å². The minimum atomic E-state index is -0.671. The van der Waals surface area contributed by atoms with Crippen molar-refractivity contribution in [2.24, 2.45) is 0 Å². The van der Waals surface area contributed by atoms with Crippen molar-refractivity contribution in [1.29, 1.82) is 0 Å². The molecule has 1 aromatic heterocycles. The van der Waals surface area contributed by atoms with Crippen LogP contribution in [0.3, 0.4) is 0 Å². The Hall–Kier alpha value is -3.40. The Morgan fingerprint density at radius 1 is 1.32 bits per heavy atom. The molecular formula is C17H17ClN4O6. The average Bonchev–Trinajstić information content (AvgIpc) is 2.63. The zero-order valence-electron chi connectivity index (χ0n) is 15.0. The van der Waals surface area contributed by atoms with Gasteiger partial charge in [0.2, 0.25) is 11.8 Å². The standard InChI is InChI=1S/C17H17ClN4O6/c1-20(9-15(23)19-13-7-11(18)3-5-14(13)28-2)17(25)10-21-8-12(22(26)27)4-6-16(21)24/h3-8H,9-10H2,1-2H3,(H,19,23). The average molecular weight is 409 g/mol. The molecule has 11 heteroatoms. The number of aromatic nitrogens is 1. The maximum atomic E-state index is 12.3.